The molecule has 5 heteroatoms. The monoisotopic (exact) mass is 308 g/mol. The molecule has 3 atom stereocenters. The van der Waals surface area contributed by atoms with E-state index in [9.17, 15) is 9.90 Å². The minimum atomic E-state index is -0.378. The van der Waals surface area contributed by atoms with Crippen molar-refractivity contribution in [2.45, 2.75) is 45.8 Å². The first kappa shape index (κ1) is 18.5. The molecule has 0 bridgehead atoms. The highest BCUT2D eigenvalue weighted by Gasteiger charge is 2.14. The van der Waals surface area contributed by atoms with Crippen LogP contribution < -0.4 is 15.4 Å². The van der Waals surface area contributed by atoms with Gasteiger partial charge in [-0.25, -0.2) is 0 Å². The van der Waals surface area contributed by atoms with Gasteiger partial charge in [-0.2, -0.15) is 0 Å². The topological polar surface area (TPSA) is 70.6 Å². The number of anilines is 1. The number of aliphatic hydroxyl groups excluding tert-OH is 1. The molecule has 0 saturated carbocycles. The quantitative estimate of drug-likeness (QED) is 0.655. The lowest BCUT2D eigenvalue weighted by molar-refractivity contribution is -0.116. The van der Waals surface area contributed by atoms with Gasteiger partial charge in [0.2, 0.25) is 5.91 Å². The Morgan fingerprint density at radius 2 is 1.91 bits per heavy atom. The lowest BCUT2D eigenvalue weighted by atomic mass is 10.0. The van der Waals surface area contributed by atoms with E-state index in [1.54, 1.807) is 19.2 Å². The maximum absolute atomic E-state index is 12.0. The van der Waals surface area contributed by atoms with Crippen molar-refractivity contribution in [3.63, 3.8) is 0 Å². The molecule has 0 aliphatic rings. The van der Waals surface area contributed by atoms with Gasteiger partial charge in [0.25, 0.3) is 0 Å². The molecular weight excluding hydrogens is 280 g/mol. The molecule has 5 nitrogen and oxygen atoms in total. The molecule has 3 unspecified atom stereocenters. The summed E-state index contributed by atoms with van der Waals surface area (Å²) in [5.41, 5.74) is 0.748. The van der Waals surface area contributed by atoms with Gasteiger partial charge in [-0.1, -0.05) is 20.3 Å². The lowest BCUT2D eigenvalue weighted by Crippen LogP contribution is -2.38. The summed E-state index contributed by atoms with van der Waals surface area (Å²) in [6.07, 6.45) is 0.922. The van der Waals surface area contributed by atoms with E-state index in [4.69, 9.17) is 4.74 Å². The number of ether oxygens (including phenoxy) is 1. The minimum Gasteiger partial charge on any atom is -0.497 e. The molecule has 1 rings (SSSR count). The number of aliphatic hydroxyl groups is 1. The summed E-state index contributed by atoms with van der Waals surface area (Å²) in [7, 11) is 1.61. The van der Waals surface area contributed by atoms with E-state index in [1.807, 2.05) is 26.0 Å². The Morgan fingerprint density at radius 3 is 2.45 bits per heavy atom. The molecule has 0 fully saturated rings. The van der Waals surface area contributed by atoms with E-state index in [0.29, 0.717) is 13.0 Å². The van der Waals surface area contributed by atoms with Crippen molar-refractivity contribution in [3.8, 4) is 5.75 Å². The van der Waals surface area contributed by atoms with Crippen molar-refractivity contribution in [2.24, 2.45) is 5.92 Å². The van der Waals surface area contributed by atoms with E-state index < -0.39 is 0 Å². The standard InChI is InChI=1S/C17H28N2O3/c1-5-12(2)16(20)11-18-13(3)10-17(21)19-14-6-8-15(22-4)9-7-14/h6-9,12-13,16,18,20H,5,10-11H2,1-4H3,(H,19,21). The molecule has 0 aromatic heterocycles. The van der Waals surface area contributed by atoms with Crippen molar-refractivity contribution in [2.75, 3.05) is 19.0 Å². The van der Waals surface area contributed by atoms with Crippen LogP contribution in [0.2, 0.25) is 0 Å². The molecule has 0 spiro atoms. The number of methoxy groups -OCH3 is 1. The van der Waals surface area contributed by atoms with Crippen molar-refractivity contribution < 1.29 is 14.6 Å². The second-order valence-electron chi connectivity index (χ2n) is 5.74. The van der Waals surface area contributed by atoms with Gasteiger partial charge in [0.15, 0.2) is 0 Å². The molecule has 0 radical (unpaired) electrons. The predicted octanol–water partition coefficient (Wildman–Crippen LogP) is 2.41. The summed E-state index contributed by atoms with van der Waals surface area (Å²) < 4.78 is 5.08. The third-order valence-corrected chi connectivity index (χ3v) is 3.84. The maximum Gasteiger partial charge on any atom is 0.225 e. The van der Waals surface area contributed by atoms with Crippen LogP contribution in [0, 0.1) is 5.92 Å². The fraction of sp³-hybridized carbons (Fsp3) is 0.588. The molecule has 0 saturated heterocycles. The minimum absolute atomic E-state index is 0.0111. The van der Waals surface area contributed by atoms with Crippen LogP contribution in [0.5, 0.6) is 5.75 Å². The number of carbonyl (C=O) groups is 1. The zero-order chi connectivity index (χ0) is 16.5. The van der Waals surface area contributed by atoms with Crippen LogP contribution in [-0.2, 0) is 4.79 Å². The first-order chi connectivity index (χ1) is 10.5. The van der Waals surface area contributed by atoms with E-state index in [1.165, 1.54) is 0 Å². The normalized spacial score (nSPS) is 15.0. The number of amides is 1. The molecule has 22 heavy (non-hydrogen) atoms. The highest BCUT2D eigenvalue weighted by Crippen LogP contribution is 2.15. The largest absolute Gasteiger partial charge is 0.497 e. The van der Waals surface area contributed by atoms with Crippen LogP contribution in [0.1, 0.15) is 33.6 Å². The number of carbonyl (C=O) groups excluding carboxylic acids is 1. The molecule has 1 amide bonds. The molecule has 0 aliphatic carbocycles. The lowest BCUT2D eigenvalue weighted by Gasteiger charge is -2.20. The third kappa shape index (κ3) is 6.45. The maximum atomic E-state index is 12.0. The zero-order valence-corrected chi connectivity index (χ0v) is 13.9. The van der Waals surface area contributed by atoms with Crippen LogP contribution in [0.15, 0.2) is 24.3 Å². The van der Waals surface area contributed by atoms with Gasteiger partial charge in [0.05, 0.1) is 13.2 Å². The van der Waals surface area contributed by atoms with Gasteiger partial charge in [-0.3, -0.25) is 4.79 Å². The van der Waals surface area contributed by atoms with Crippen molar-refractivity contribution >= 4 is 11.6 Å². The Hall–Kier alpha value is -1.59. The van der Waals surface area contributed by atoms with Crippen LogP contribution in [0.4, 0.5) is 5.69 Å². The van der Waals surface area contributed by atoms with Crippen LogP contribution >= 0.6 is 0 Å². The Bertz CT molecular complexity index is 448. The first-order valence-electron chi connectivity index (χ1n) is 7.81. The number of hydrogen-bond acceptors (Lipinski definition) is 4. The van der Waals surface area contributed by atoms with Gasteiger partial charge >= 0.3 is 0 Å². The zero-order valence-electron chi connectivity index (χ0n) is 13.9. The molecule has 0 aliphatic heterocycles. The van der Waals surface area contributed by atoms with E-state index in [0.717, 1.165) is 17.9 Å². The summed E-state index contributed by atoms with van der Waals surface area (Å²) >= 11 is 0. The van der Waals surface area contributed by atoms with E-state index in [-0.39, 0.29) is 24.0 Å². The van der Waals surface area contributed by atoms with Crippen molar-refractivity contribution in [3.05, 3.63) is 24.3 Å². The molecule has 1 aromatic carbocycles. The Kier molecular flexibility index (Phi) is 7.91. The molecule has 124 valence electrons. The smallest absolute Gasteiger partial charge is 0.225 e. The van der Waals surface area contributed by atoms with Gasteiger partial charge in [-0.05, 0) is 37.1 Å². The summed E-state index contributed by atoms with van der Waals surface area (Å²) in [6.45, 7) is 6.52. The summed E-state index contributed by atoms with van der Waals surface area (Å²) in [4.78, 5) is 12.0. The second kappa shape index (κ2) is 9.43. The second-order valence-corrected chi connectivity index (χ2v) is 5.74. The van der Waals surface area contributed by atoms with Gasteiger partial charge in [0, 0.05) is 24.7 Å². The van der Waals surface area contributed by atoms with Gasteiger partial charge in [0.1, 0.15) is 5.75 Å². The van der Waals surface area contributed by atoms with E-state index in [2.05, 4.69) is 17.6 Å². The predicted molar refractivity (Wildman–Crippen MR) is 89.2 cm³/mol. The van der Waals surface area contributed by atoms with Gasteiger partial charge in [-0.15, -0.1) is 0 Å². The fourth-order valence-electron chi connectivity index (χ4n) is 2.03. The molecular formula is C17H28N2O3. The number of hydrogen-bond donors (Lipinski definition) is 3. The summed E-state index contributed by atoms with van der Waals surface area (Å²) in [5.74, 6) is 0.961. The van der Waals surface area contributed by atoms with Crippen LogP contribution in [-0.4, -0.2) is 36.8 Å². The number of nitrogens with one attached hydrogen (secondary N) is 2. The van der Waals surface area contributed by atoms with E-state index >= 15 is 0 Å². The highest BCUT2D eigenvalue weighted by atomic mass is 16.5. The highest BCUT2D eigenvalue weighted by molar-refractivity contribution is 5.91. The Balaban J connectivity index is 2.34. The summed E-state index contributed by atoms with van der Waals surface area (Å²) in [6, 6.07) is 7.24. The SMILES string of the molecule is CCC(C)C(O)CNC(C)CC(=O)Nc1ccc(OC)cc1. The Labute approximate surface area is 133 Å². The first-order valence-corrected chi connectivity index (χ1v) is 7.81. The summed E-state index contributed by atoms with van der Waals surface area (Å²) in [5, 5.41) is 16.0. The average Bonchev–Trinajstić information content (AvgIpc) is 2.52. The molecule has 0 heterocycles. The molecule has 3 N–H and O–H groups in total. The number of benzene rings is 1. The Morgan fingerprint density at radius 1 is 1.27 bits per heavy atom. The molecule has 1 aromatic rings. The van der Waals surface area contributed by atoms with Crippen molar-refractivity contribution in [1.29, 1.82) is 0 Å². The van der Waals surface area contributed by atoms with Crippen LogP contribution in [0.3, 0.4) is 0 Å². The average molecular weight is 308 g/mol. The van der Waals surface area contributed by atoms with Crippen LogP contribution in [0.25, 0.3) is 0 Å². The third-order valence-electron chi connectivity index (χ3n) is 3.84. The van der Waals surface area contributed by atoms with Gasteiger partial charge < -0.3 is 20.5 Å². The number of rotatable bonds is 9. The van der Waals surface area contributed by atoms with Crippen molar-refractivity contribution in [1.82, 2.24) is 5.32 Å². The fourth-order valence-corrected chi connectivity index (χ4v) is 2.03.